The normalized spacial score (nSPS) is 8.71. The van der Waals surface area contributed by atoms with Gasteiger partial charge in [-0.25, -0.2) is 0 Å². The van der Waals surface area contributed by atoms with Gasteiger partial charge in [-0.3, -0.25) is 0 Å². The van der Waals surface area contributed by atoms with Crippen molar-refractivity contribution in [2.45, 2.75) is 0 Å². The Hall–Kier alpha value is 0.00961. The van der Waals surface area contributed by atoms with Crippen molar-refractivity contribution in [2.24, 2.45) is 0 Å². The van der Waals surface area contributed by atoms with Crippen LogP contribution in [0.1, 0.15) is 0 Å². The molecule has 0 nitrogen and oxygen atoms in total. The molecule has 0 fully saturated rings. The minimum atomic E-state index is 1.32. The second-order valence-electron chi connectivity index (χ2n) is 1.26. The second-order valence-corrected chi connectivity index (χ2v) is 2.74. The van der Waals surface area contributed by atoms with E-state index < -0.39 is 0 Å². The molecule has 0 bridgehead atoms. The van der Waals surface area contributed by atoms with Crippen molar-refractivity contribution >= 4 is 25.9 Å². The molecule has 0 atom stereocenters. The van der Waals surface area contributed by atoms with E-state index in [9.17, 15) is 0 Å². The Morgan fingerprint density at radius 2 is 2.43 bits per heavy atom. The Bertz CT molecular complexity index is 134. The Balaban J connectivity index is 3.02. The third kappa shape index (κ3) is 1.51. The second kappa shape index (κ2) is 2.35. The van der Waals surface area contributed by atoms with E-state index in [0.717, 1.165) is 0 Å². The molecule has 0 aliphatic carbocycles. The fourth-order valence-corrected chi connectivity index (χ4v) is 0.842. The molecule has 0 amide bonds. The molecule has 0 aliphatic heterocycles. The number of hydrogen-bond acceptors (Lipinski definition) is 0. The van der Waals surface area contributed by atoms with Gasteiger partial charge in [0.2, 0.25) is 0 Å². The van der Waals surface area contributed by atoms with Crippen molar-refractivity contribution < 1.29 is 0 Å². The van der Waals surface area contributed by atoms with Crippen LogP contribution in [0.15, 0.2) is 24.3 Å². The third-order valence-corrected chi connectivity index (χ3v) is 1.48. The predicted octanol–water partition coefficient (Wildman–Crippen LogP) is 0.0129. The summed E-state index contributed by atoms with van der Waals surface area (Å²) in [4.78, 5) is 0. The SMILES string of the molecule is [TeH]c1c[c]ccc1. The fraction of sp³-hybridized carbons (Fsp3) is 0. The summed E-state index contributed by atoms with van der Waals surface area (Å²) in [5.41, 5.74) is 0. The third-order valence-electron chi connectivity index (χ3n) is 0.691. The quantitative estimate of drug-likeness (QED) is 0.523. The van der Waals surface area contributed by atoms with E-state index in [1.165, 1.54) is 3.61 Å². The van der Waals surface area contributed by atoms with Gasteiger partial charge < -0.3 is 0 Å². The molecule has 0 saturated carbocycles. The summed E-state index contributed by atoms with van der Waals surface area (Å²) in [5.74, 6) is 0. The molecular weight excluding hydrogens is 200 g/mol. The van der Waals surface area contributed by atoms with Gasteiger partial charge in [0, 0.05) is 0 Å². The van der Waals surface area contributed by atoms with Crippen LogP contribution in [0.2, 0.25) is 0 Å². The van der Waals surface area contributed by atoms with Crippen LogP contribution in [0.3, 0.4) is 0 Å². The van der Waals surface area contributed by atoms with Gasteiger partial charge in [0.25, 0.3) is 0 Å². The van der Waals surface area contributed by atoms with Crippen LogP contribution in [0, 0.1) is 6.07 Å². The van der Waals surface area contributed by atoms with E-state index in [0.29, 0.717) is 0 Å². The Morgan fingerprint density at radius 3 is 2.71 bits per heavy atom. The standard InChI is InChI=1S/C6H5Te/c7-6-4-2-1-3-5-6/h1-2,4-5,7H. The van der Waals surface area contributed by atoms with Gasteiger partial charge in [0.1, 0.15) is 0 Å². The van der Waals surface area contributed by atoms with Crippen LogP contribution in [0.25, 0.3) is 0 Å². The van der Waals surface area contributed by atoms with Gasteiger partial charge in [0.05, 0.1) is 0 Å². The van der Waals surface area contributed by atoms with Crippen LogP contribution in [0.4, 0.5) is 0 Å². The van der Waals surface area contributed by atoms with E-state index >= 15 is 0 Å². The first-order valence-corrected chi connectivity index (χ1v) is 3.32. The fourth-order valence-electron chi connectivity index (χ4n) is 0.384. The van der Waals surface area contributed by atoms with Crippen molar-refractivity contribution in [1.29, 1.82) is 0 Å². The Labute approximate surface area is 56.5 Å². The van der Waals surface area contributed by atoms with Crippen molar-refractivity contribution in [3.8, 4) is 0 Å². The van der Waals surface area contributed by atoms with Crippen LogP contribution >= 0.6 is 0 Å². The zero-order valence-corrected chi connectivity index (χ0v) is 6.31. The van der Waals surface area contributed by atoms with E-state index in [4.69, 9.17) is 0 Å². The summed E-state index contributed by atoms with van der Waals surface area (Å²) in [6.07, 6.45) is 0. The predicted molar refractivity (Wildman–Crippen MR) is 32.1 cm³/mol. The average molecular weight is 205 g/mol. The number of hydrogen-bond donors (Lipinski definition) is 0. The molecule has 0 heterocycles. The molecule has 0 saturated heterocycles. The molecule has 7 heavy (non-hydrogen) atoms. The molecule has 0 unspecified atom stereocenters. The van der Waals surface area contributed by atoms with Crippen LogP contribution in [-0.4, -0.2) is 22.3 Å². The summed E-state index contributed by atoms with van der Waals surface area (Å²) in [5, 5.41) is 0. The van der Waals surface area contributed by atoms with E-state index in [2.05, 4.69) is 12.1 Å². The Morgan fingerprint density at radius 1 is 1.57 bits per heavy atom. The van der Waals surface area contributed by atoms with Crippen molar-refractivity contribution in [2.75, 3.05) is 0 Å². The molecule has 1 radical (unpaired) electrons. The average Bonchev–Trinajstić information content (AvgIpc) is 1.69. The summed E-state index contributed by atoms with van der Waals surface area (Å²) in [7, 11) is 0. The van der Waals surface area contributed by atoms with Gasteiger partial charge in [-0.2, -0.15) is 0 Å². The van der Waals surface area contributed by atoms with Crippen LogP contribution < -0.4 is 3.61 Å². The van der Waals surface area contributed by atoms with E-state index in [1.54, 1.807) is 22.3 Å². The minimum absolute atomic E-state index is 1.32. The first-order valence-electron chi connectivity index (χ1n) is 2.04. The molecule has 1 rings (SSSR count). The maximum atomic E-state index is 2.97. The van der Waals surface area contributed by atoms with Gasteiger partial charge in [-0.15, -0.1) is 0 Å². The first-order chi connectivity index (χ1) is 3.39. The van der Waals surface area contributed by atoms with E-state index in [1.807, 2.05) is 18.2 Å². The van der Waals surface area contributed by atoms with Crippen molar-refractivity contribution in [1.82, 2.24) is 0 Å². The van der Waals surface area contributed by atoms with Crippen LogP contribution in [-0.2, 0) is 0 Å². The Kier molecular flexibility index (Phi) is 1.73. The van der Waals surface area contributed by atoms with Crippen molar-refractivity contribution in [3.63, 3.8) is 0 Å². The summed E-state index contributed by atoms with van der Waals surface area (Å²) in [6, 6.07) is 10.9. The maximum absolute atomic E-state index is 2.97. The number of benzene rings is 1. The molecule has 35 valence electrons. The zero-order valence-electron chi connectivity index (χ0n) is 3.76. The first kappa shape index (κ1) is 5.15. The molecule has 0 aromatic heterocycles. The molecule has 0 N–H and O–H groups in total. The topological polar surface area (TPSA) is 0 Å². The molecule has 0 aliphatic rings. The zero-order chi connectivity index (χ0) is 5.11. The molecule has 1 aromatic carbocycles. The summed E-state index contributed by atoms with van der Waals surface area (Å²) < 4.78 is 1.32. The van der Waals surface area contributed by atoms with Gasteiger partial charge in [-0.1, -0.05) is 0 Å². The number of rotatable bonds is 0. The van der Waals surface area contributed by atoms with Crippen LogP contribution in [0.5, 0.6) is 0 Å². The van der Waals surface area contributed by atoms with Gasteiger partial charge in [-0.05, 0) is 0 Å². The molecule has 0 spiro atoms. The summed E-state index contributed by atoms with van der Waals surface area (Å²) in [6.45, 7) is 0. The molecule has 1 heteroatoms. The molecule has 1 aromatic rings. The van der Waals surface area contributed by atoms with Crippen molar-refractivity contribution in [3.05, 3.63) is 30.3 Å². The van der Waals surface area contributed by atoms with Gasteiger partial charge in [0.15, 0.2) is 0 Å². The summed E-state index contributed by atoms with van der Waals surface area (Å²) >= 11 is 1.72. The molecular formula is C6H5Te. The van der Waals surface area contributed by atoms with Gasteiger partial charge >= 0.3 is 56.2 Å². The monoisotopic (exact) mass is 207 g/mol. The van der Waals surface area contributed by atoms with E-state index in [-0.39, 0.29) is 0 Å².